The van der Waals surface area contributed by atoms with Crippen LogP contribution in [-0.4, -0.2) is 20.6 Å². The van der Waals surface area contributed by atoms with E-state index in [1.165, 1.54) is 22.8 Å². The highest BCUT2D eigenvalue weighted by Crippen LogP contribution is 2.23. The number of rotatable bonds is 3. The number of carbonyl (C=O) groups is 1. The van der Waals surface area contributed by atoms with Crippen LogP contribution in [0.5, 0.6) is 0 Å². The van der Waals surface area contributed by atoms with E-state index in [0.29, 0.717) is 10.9 Å². The van der Waals surface area contributed by atoms with Crippen LogP contribution in [0.15, 0.2) is 47.3 Å². The molecule has 0 fully saturated rings. The molecular weight excluding hydrogens is 288 g/mol. The average Bonchev–Trinajstić information content (AvgIpc) is 2.50. The standard InChI is InChI=1S/C15H10N2O5/c18-14(19)8-16-12-4-2-1-3-10(12)15(20)11-6-5-9(17(21)22)7-13(11)16/h1-7H,8H2,(H,18,19). The maximum Gasteiger partial charge on any atom is 0.323 e. The first-order valence-electron chi connectivity index (χ1n) is 6.40. The number of aliphatic carboxylic acids is 1. The van der Waals surface area contributed by atoms with Crippen LogP contribution in [0.4, 0.5) is 5.69 Å². The van der Waals surface area contributed by atoms with Crippen molar-refractivity contribution in [2.75, 3.05) is 0 Å². The van der Waals surface area contributed by atoms with E-state index in [1.54, 1.807) is 24.3 Å². The molecule has 3 aromatic rings. The lowest BCUT2D eigenvalue weighted by Gasteiger charge is -2.12. The summed E-state index contributed by atoms with van der Waals surface area (Å²) in [6.45, 7) is -0.390. The fourth-order valence-electron chi connectivity index (χ4n) is 2.53. The summed E-state index contributed by atoms with van der Waals surface area (Å²) in [5, 5.41) is 20.7. The Bertz CT molecular complexity index is 990. The average molecular weight is 298 g/mol. The van der Waals surface area contributed by atoms with E-state index < -0.39 is 17.4 Å². The number of pyridine rings is 1. The monoisotopic (exact) mass is 298 g/mol. The smallest absolute Gasteiger partial charge is 0.323 e. The predicted molar refractivity (Wildman–Crippen MR) is 80.0 cm³/mol. The Morgan fingerprint density at radius 2 is 1.82 bits per heavy atom. The lowest BCUT2D eigenvalue weighted by Crippen LogP contribution is -2.16. The number of hydrogen-bond acceptors (Lipinski definition) is 4. The van der Waals surface area contributed by atoms with Crippen molar-refractivity contribution >= 4 is 33.5 Å². The number of nitro groups is 1. The third-order valence-corrected chi connectivity index (χ3v) is 3.46. The largest absolute Gasteiger partial charge is 0.480 e. The van der Waals surface area contributed by atoms with Crippen LogP contribution < -0.4 is 5.43 Å². The van der Waals surface area contributed by atoms with Crippen molar-refractivity contribution in [2.45, 2.75) is 6.54 Å². The van der Waals surface area contributed by atoms with Gasteiger partial charge in [0.15, 0.2) is 5.43 Å². The third-order valence-electron chi connectivity index (χ3n) is 3.46. The Morgan fingerprint density at radius 1 is 1.14 bits per heavy atom. The molecule has 1 aromatic heterocycles. The van der Waals surface area contributed by atoms with Gasteiger partial charge in [0.05, 0.1) is 16.0 Å². The normalized spacial score (nSPS) is 10.9. The molecular formula is C15H10N2O5. The quantitative estimate of drug-likeness (QED) is 0.453. The minimum absolute atomic E-state index is 0.193. The Hall–Kier alpha value is -3.22. The first-order chi connectivity index (χ1) is 10.5. The molecule has 0 saturated heterocycles. The molecule has 1 N–H and O–H groups in total. The molecule has 0 aliphatic carbocycles. The topological polar surface area (TPSA) is 102 Å². The van der Waals surface area contributed by atoms with Gasteiger partial charge in [0, 0.05) is 22.9 Å². The fourth-order valence-corrected chi connectivity index (χ4v) is 2.53. The van der Waals surface area contributed by atoms with Gasteiger partial charge >= 0.3 is 5.97 Å². The highest BCUT2D eigenvalue weighted by molar-refractivity contribution is 5.95. The van der Waals surface area contributed by atoms with Gasteiger partial charge in [0.25, 0.3) is 5.69 Å². The molecule has 0 saturated carbocycles. The summed E-state index contributed by atoms with van der Waals surface area (Å²) in [5.41, 5.74) is 0.201. The summed E-state index contributed by atoms with van der Waals surface area (Å²) >= 11 is 0. The van der Waals surface area contributed by atoms with Gasteiger partial charge in [-0.25, -0.2) is 0 Å². The zero-order valence-electron chi connectivity index (χ0n) is 11.2. The van der Waals surface area contributed by atoms with E-state index in [4.69, 9.17) is 5.11 Å². The summed E-state index contributed by atoms with van der Waals surface area (Å²) in [7, 11) is 0. The molecule has 7 nitrogen and oxygen atoms in total. The van der Waals surface area contributed by atoms with Crippen molar-refractivity contribution in [1.82, 2.24) is 4.57 Å². The van der Waals surface area contributed by atoms with Gasteiger partial charge in [-0.15, -0.1) is 0 Å². The summed E-state index contributed by atoms with van der Waals surface area (Å²) < 4.78 is 1.40. The number of nitrogens with zero attached hydrogens (tertiary/aromatic N) is 2. The highest BCUT2D eigenvalue weighted by Gasteiger charge is 2.15. The second kappa shape index (κ2) is 4.96. The first kappa shape index (κ1) is 13.7. The van der Waals surface area contributed by atoms with Gasteiger partial charge in [-0.05, 0) is 18.2 Å². The Labute approximate surface area is 123 Å². The molecule has 3 rings (SSSR count). The fraction of sp³-hybridized carbons (Fsp3) is 0.0667. The maximum absolute atomic E-state index is 12.5. The minimum Gasteiger partial charge on any atom is -0.480 e. The molecule has 110 valence electrons. The van der Waals surface area contributed by atoms with E-state index in [9.17, 15) is 19.7 Å². The van der Waals surface area contributed by atoms with E-state index in [2.05, 4.69) is 0 Å². The van der Waals surface area contributed by atoms with Crippen molar-refractivity contribution in [3.05, 3.63) is 62.8 Å². The summed E-state index contributed by atoms with van der Waals surface area (Å²) in [6.07, 6.45) is 0. The number of non-ortho nitro benzene ring substituents is 1. The van der Waals surface area contributed by atoms with E-state index in [0.717, 1.165) is 0 Å². The summed E-state index contributed by atoms with van der Waals surface area (Å²) in [5.74, 6) is -1.10. The van der Waals surface area contributed by atoms with Crippen molar-refractivity contribution in [3.8, 4) is 0 Å². The van der Waals surface area contributed by atoms with Gasteiger partial charge in [0.1, 0.15) is 6.54 Å². The minimum atomic E-state index is -1.10. The van der Waals surface area contributed by atoms with E-state index >= 15 is 0 Å². The van der Waals surface area contributed by atoms with Crippen molar-refractivity contribution < 1.29 is 14.8 Å². The van der Waals surface area contributed by atoms with Crippen LogP contribution in [0.1, 0.15) is 0 Å². The SMILES string of the molecule is O=C(O)Cn1c2ccccc2c(=O)c2ccc([N+](=O)[O-])cc21. The number of nitro benzene ring substituents is 1. The highest BCUT2D eigenvalue weighted by atomic mass is 16.6. The second-order valence-electron chi connectivity index (χ2n) is 4.78. The second-order valence-corrected chi connectivity index (χ2v) is 4.78. The number of fused-ring (bicyclic) bond motifs is 2. The number of benzene rings is 2. The van der Waals surface area contributed by atoms with Gasteiger partial charge in [-0.3, -0.25) is 19.7 Å². The number of carboxylic acid groups (broad SMARTS) is 1. The number of aromatic nitrogens is 1. The predicted octanol–water partition coefficient (Wildman–Crippen LogP) is 2.15. The van der Waals surface area contributed by atoms with Crippen molar-refractivity contribution in [1.29, 1.82) is 0 Å². The molecule has 0 aliphatic rings. The van der Waals surface area contributed by atoms with Crippen LogP contribution in [0.2, 0.25) is 0 Å². The summed E-state index contributed by atoms with van der Waals surface area (Å²) in [6, 6.07) is 10.4. The zero-order valence-corrected chi connectivity index (χ0v) is 11.2. The van der Waals surface area contributed by atoms with Crippen LogP contribution in [0, 0.1) is 10.1 Å². The molecule has 0 radical (unpaired) electrons. The molecule has 0 spiro atoms. The molecule has 0 bridgehead atoms. The lowest BCUT2D eigenvalue weighted by molar-refractivity contribution is -0.384. The van der Waals surface area contributed by atoms with Gasteiger partial charge in [-0.2, -0.15) is 0 Å². The van der Waals surface area contributed by atoms with Crippen molar-refractivity contribution in [2.24, 2.45) is 0 Å². The van der Waals surface area contributed by atoms with E-state index in [1.807, 2.05) is 0 Å². The number of para-hydroxylation sites is 1. The third kappa shape index (κ3) is 2.08. The van der Waals surface area contributed by atoms with Crippen LogP contribution >= 0.6 is 0 Å². The molecule has 0 unspecified atom stereocenters. The van der Waals surface area contributed by atoms with Gasteiger partial charge in [-0.1, -0.05) is 12.1 Å². The Balaban J connectivity index is 2.53. The first-order valence-corrected chi connectivity index (χ1v) is 6.40. The molecule has 2 aromatic carbocycles. The van der Waals surface area contributed by atoms with Gasteiger partial charge in [0.2, 0.25) is 0 Å². The molecule has 1 heterocycles. The van der Waals surface area contributed by atoms with Crippen molar-refractivity contribution in [3.63, 3.8) is 0 Å². The molecule has 0 atom stereocenters. The number of hydrogen-bond donors (Lipinski definition) is 1. The maximum atomic E-state index is 12.5. The Kier molecular flexibility index (Phi) is 3.10. The van der Waals surface area contributed by atoms with Crippen LogP contribution in [0.3, 0.4) is 0 Å². The molecule has 22 heavy (non-hydrogen) atoms. The van der Waals surface area contributed by atoms with E-state index in [-0.39, 0.29) is 22.0 Å². The molecule has 0 aliphatic heterocycles. The molecule has 7 heteroatoms. The van der Waals surface area contributed by atoms with Crippen LogP contribution in [0.25, 0.3) is 21.8 Å². The summed E-state index contributed by atoms with van der Waals surface area (Å²) in [4.78, 5) is 34.0. The lowest BCUT2D eigenvalue weighted by atomic mass is 10.1. The zero-order chi connectivity index (χ0) is 15.9. The van der Waals surface area contributed by atoms with Gasteiger partial charge < -0.3 is 9.67 Å². The molecule has 0 amide bonds. The van der Waals surface area contributed by atoms with Crippen LogP contribution in [-0.2, 0) is 11.3 Å². The number of carboxylic acids is 1. The Morgan fingerprint density at radius 3 is 2.50 bits per heavy atom.